The number of nitrogens with zero attached hydrogens (tertiary/aromatic N) is 3. The van der Waals surface area contributed by atoms with E-state index >= 15 is 0 Å². The molecular formula is C32H43ClN4O4. The van der Waals surface area contributed by atoms with Crippen LogP contribution in [0.25, 0.3) is 0 Å². The molecule has 2 N–H and O–H groups in total. The predicted octanol–water partition coefficient (Wildman–Crippen LogP) is 3.50. The fraction of sp³-hybridized carbons (Fsp3) is 0.562. The van der Waals surface area contributed by atoms with E-state index < -0.39 is 6.10 Å². The maximum absolute atomic E-state index is 13.7. The fourth-order valence-electron chi connectivity index (χ4n) is 7.20. The maximum atomic E-state index is 13.7. The molecular weight excluding hydrogens is 540 g/mol. The Kier molecular flexibility index (Phi) is 8.95. The number of likely N-dealkylation sites (N-methyl/N-ethyl adjacent to an activating group) is 1. The number of carbonyl (C=O) groups excluding carboxylic acids is 2. The Morgan fingerprint density at radius 3 is 2.49 bits per heavy atom. The minimum Gasteiger partial charge on any atom is -0.390 e. The van der Waals surface area contributed by atoms with E-state index in [-0.39, 0.29) is 36.8 Å². The summed E-state index contributed by atoms with van der Waals surface area (Å²) in [7, 11) is 1.79. The molecule has 1 spiro atoms. The summed E-state index contributed by atoms with van der Waals surface area (Å²) in [5, 5.41) is 14.6. The van der Waals surface area contributed by atoms with Crippen LogP contribution in [0.15, 0.2) is 42.5 Å². The van der Waals surface area contributed by atoms with Gasteiger partial charge in [-0.15, -0.1) is 12.4 Å². The van der Waals surface area contributed by atoms with Gasteiger partial charge in [-0.25, -0.2) is 0 Å². The number of amides is 2. The molecule has 1 saturated carbocycles. The number of nitrogens with one attached hydrogen (secondary N) is 1. The molecule has 0 radical (unpaired) electrons. The number of anilines is 1. The number of carbonyl (C=O) groups is 2. The van der Waals surface area contributed by atoms with E-state index in [4.69, 9.17) is 4.74 Å². The topological polar surface area (TPSA) is 85.3 Å². The molecule has 41 heavy (non-hydrogen) atoms. The van der Waals surface area contributed by atoms with Gasteiger partial charge in [0.2, 0.25) is 0 Å². The molecule has 3 aliphatic heterocycles. The van der Waals surface area contributed by atoms with Gasteiger partial charge in [-0.2, -0.15) is 0 Å². The number of aliphatic hydroxyl groups is 1. The van der Waals surface area contributed by atoms with Crippen molar-refractivity contribution in [1.29, 1.82) is 0 Å². The number of β-amino-alcohol motifs (C(OH)–C–C–N with tert-alkyl or cyclic N) is 1. The quantitative estimate of drug-likeness (QED) is 0.542. The summed E-state index contributed by atoms with van der Waals surface area (Å²) < 4.78 is 5.49. The number of benzene rings is 2. The Balaban J connectivity index is 0.00000337. The summed E-state index contributed by atoms with van der Waals surface area (Å²) in [4.78, 5) is 33.2. The number of piperidine rings is 1. The Labute approximate surface area is 249 Å². The van der Waals surface area contributed by atoms with Gasteiger partial charge in [0, 0.05) is 64.5 Å². The van der Waals surface area contributed by atoms with E-state index in [0.717, 1.165) is 64.0 Å². The Morgan fingerprint density at radius 2 is 1.78 bits per heavy atom. The molecule has 0 bridgehead atoms. The van der Waals surface area contributed by atoms with Crippen LogP contribution in [0.5, 0.6) is 0 Å². The van der Waals surface area contributed by atoms with Crippen molar-refractivity contribution in [3.8, 4) is 0 Å². The highest BCUT2D eigenvalue weighted by Crippen LogP contribution is 2.50. The number of rotatable bonds is 6. The van der Waals surface area contributed by atoms with Crippen molar-refractivity contribution in [3.63, 3.8) is 0 Å². The van der Waals surface area contributed by atoms with E-state index in [2.05, 4.69) is 29.3 Å². The smallest absolute Gasteiger partial charge is 0.256 e. The average Bonchev–Trinajstić information content (AvgIpc) is 3.10. The molecule has 2 aromatic rings. The second kappa shape index (κ2) is 12.3. The largest absolute Gasteiger partial charge is 0.390 e. The predicted molar refractivity (Wildman–Crippen MR) is 162 cm³/mol. The van der Waals surface area contributed by atoms with Gasteiger partial charge in [0.1, 0.15) is 0 Å². The molecule has 1 saturated heterocycles. The molecule has 9 heteroatoms. The van der Waals surface area contributed by atoms with Crippen LogP contribution in [-0.4, -0.2) is 91.3 Å². The molecule has 0 aromatic heterocycles. The number of hydrogen-bond acceptors (Lipinski definition) is 6. The lowest BCUT2D eigenvalue weighted by Crippen LogP contribution is -2.50. The molecule has 1 aliphatic carbocycles. The minimum absolute atomic E-state index is 0. The van der Waals surface area contributed by atoms with E-state index in [1.807, 2.05) is 29.2 Å². The van der Waals surface area contributed by atoms with Crippen LogP contribution < -0.4 is 10.2 Å². The number of fused-ring (bicyclic) bond motifs is 2. The summed E-state index contributed by atoms with van der Waals surface area (Å²) in [5.41, 5.74) is 4.92. The lowest BCUT2D eigenvalue weighted by atomic mass is 9.61. The second-order valence-corrected chi connectivity index (χ2v) is 12.1. The molecule has 6 rings (SSSR count). The highest BCUT2D eigenvalue weighted by atomic mass is 35.5. The summed E-state index contributed by atoms with van der Waals surface area (Å²) in [5.74, 6) is -0.0400. The Hall–Kier alpha value is -2.65. The van der Waals surface area contributed by atoms with Crippen molar-refractivity contribution in [2.75, 3.05) is 51.3 Å². The zero-order chi connectivity index (χ0) is 27.9. The summed E-state index contributed by atoms with van der Waals surface area (Å²) in [6, 6.07) is 13.7. The van der Waals surface area contributed by atoms with Crippen LogP contribution >= 0.6 is 12.4 Å². The molecule has 2 amide bonds. The third-order valence-corrected chi connectivity index (χ3v) is 9.88. The fourth-order valence-corrected chi connectivity index (χ4v) is 7.20. The van der Waals surface area contributed by atoms with Crippen LogP contribution in [0.2, 0.25) is 0 Å². The Bertz CT molecular complexity index is 1260. The van der Waals surface area contributed by atoms with E-state index in [9.17, 15) is 14.7 Å². The van der Waals surface area contributed by atoms with Crippen molar-refractivity contribution in [2.24, 2.45) is 5.41 Å². The molecule has 8 nitrogen and oxygen atoms in total. The molecule has 1 unspecified atom stereocenters. The second-order valence-electron chi connectivity index (χ2n) is 12.1. The first-order valence-electron chi connectivity index (χ1n) is 14.9. The molecule has 2 fully saturated rings. The van der Waals surface area contributed by atoms with Gasteiger partial charge in [0.15, 0.2) is 0 Å². The summed E-state index contributed by atoms with van der Waals surface area (Å²) in [6.45, 7) is 6.54. The molecule has 2 atom stereocenters. The van der Waals surface area contributed by atoms with E-state index in [1.54, 1.807) is 18.1 Å². The number of likely N-dealkylation sites (tertiary alicyclic amines) is 1. The number of aliphatic hydroxyl groups excluding tert-OH is 1. The zero-order valence-corrected chi connectivity index (χ0v) is 25.0. The van der Waals surface area contributed by atoms with Crippen molar-refractivity contribution in [3.05, 3.63) is 64.7 Å². The number of hydrogen-bond donors (Lipinski definition) is 2. The van der Waals surface area contributed by atoms with Gasteiger partial charge in [0.05, 0.1) is 23.5 Å². The van der Waals surface area contributed by atoms with E-state index in [0.29, 0.717) is 35.7 Å². The molecule has 222 valence electrons. The number of methoxy groups -OCH3 is 1. The van der Waals surface area contributed by atoms with Gasteiger partial charge >= 0.3 is 0 Å². The molecule has 2 aromatic carbocycles. The van der Waals surface area contributed by atoms with Gasteiger partial charge in [-0.1, -0.05) is 24.3 Å². The van der Waals surface area contributed by atoms with E-state index in [1.165, 1.54) is 11.1 Å². The van der Waals surface area contributed by atoms with Crippen LogP contribution in [0.4, 0.5) is 5.69 Å². The normalized spacial score (nSPS) is 22.8. The zero-order valence-electron chi connectivity index (χ0n) is 24.2. The summed E-state index contributed by atoms with van der Waals surface area (Å²) in [6.07, 6.45) is 4.71. The average molecular weight is 583 g/mol. The minimum atomic E-state index is -0.674. The lowest BCUT2D eigenvalue weighted by Gasteiger charge is -2.51. The number of halogens is 1. The highest BCUT2D eigenvalue weighted by molar-refractivity contribution is 6.03. The first-order chi connectivity index (χ1) is 19.4. The van der Waals surface area contributed by atoms with Crippen molar-refractivity contribution >= 4 is 29.9 Å². The van der Waals surface area contributed by atoms with Gasteiger partial charge < -0.3 is 29.9 Å². The first-order valence-corrected chi connectivity index (χ1v) is 14.9. The van der Waals surface area contributed by atoms with Crippen molar-refractivity contribution < 1.29 is 19.4 Å². The highest BCUT2D eigenvalue weighted by Gasteiger charge is 2.46. The van der Waals surface area contributed by atoms with Crippen molar-refractivity contribution in [1.82, 2.24) is 15.1 Å². The van der Waals surface area contributed by atoms with Gasteiger partial charge in [-0.3, -0.25) is 9.59 Å². The van der Waals surface area contributed by atoms with Crippen LogP contribution in [-0.2, 0) is 17.7 Å². The third-order valence-electron chi connectivity index (χ3n) is 9.88. The van der Waals surface area contributed by atoms with Crippen molar-refractivity contribution in [2.45, 2.75) is 63.8 Å². The van der Waals surface area contributed by atoms with Crippen LogP contribution in [0.3, 0.4) is 0 Å². The van der Waals surface area contributed by atoms with Gasteiger partial charge in [-0.05, 0) is 73.8 Å². The van der Waals surface area contributed by atoms with Crippen LogP contribution in [0.1, 0.15) is 64.4 Å². The molecule has 4 aliphatic rings. The Morgan fingerprint density at radius 1 is 1.07 bits per heavy atom. The SMILES string of the molecule is CCN1CCN(CC(O)[C@@H]2Cc3ccccc3CN2)C(=O)c2ccc(C(=O)N3CCC4(CC3)CC(OC)C4)cc21.Cl. The van der Waals surface area contributed by atoms with Crippen LogP contribution in [0, 0.1) is 5.41 Å². The van der Waals surface area contributed by atoms with Gasteiger partial charge in [0.25, 0.3) is 11.8 Å². The standard InChI is InChI=1S/C32H42N4O4.ClH/c1-3-34-14-15-36(21-29(37)27-16-22-6-4-5-7-24(22)20-33-27)31(39)26-9-8-23(17-28(26)34)30(38)35-12-10-32(11-13-35)18-25(19-32)40-2;/h4-9,17,25,27,29,33,37H,3,10-16,18-21H2,1-2H3;1H/t27-,29?;/m0./s1. The lowest BCUT2D eigenvalue weighted by molar-refractivity contribution is -0.0841. The molecule has 3 heterocycles. The maximum Gasteiger partial charge on any atom is 0.256 e. The number of ether oxygens (including phenoxy) is 1. The summed E-state index contributed by atoms with van der Waals surface area (Å²) >= 11 is 0. The first kappa shape index (κ1) is 29.8. The monoisotopic (exact) mass is 582 g/mol. The third kappa shape index (κ3) is 5.85.